The van der Waals surface area contributed by atoms with Crippen LogP contribution in [-0.4, -0.2) is 103 Å². The SMILES string of the molecule is CC1(C)CC(CCCn2ccc(S(=O)(=O)NC(=O)c3ccc(-n4ccc(OCCC5C6(CC6)C56CC6)n4)nc3Cl)n2)CN1.CC1(C)CCC(CCCn2ccc(S(=O)(=O)NC(=O)c3ccc(-n4ccc(OCCC5C6(CC6)C56CC6)n4)nc3Cl)n2)C1. The normalized spacial score (nSPS) is 22.6. The second kappa shape index (κ2) is 22.0. The van der Waals surface area contributed by atoms with Crippen molar-refractivity contribution in [2.24, 2.45) is 50.7 Å². The highest BCUT2D eigenvalue weighted by molar-refractivity contribution is 7.90. The van der Waals surface area contributed by atoms with Crippen LogP contribution in [0.25, 0.3) is 11.6 Å². The molecule has 0 aromatic carbocycles. The maximum Gasteiger partial charge on any atom is 0.283 e. The monoisotopic (exact) mass is 1250 g/mol. The molecule has 7 heterocycles. The van der Waals surface area contributed by atoms with Crippen LogP contribution in [0.3, 0.4) is 0 Å². The molecule has 86 heavy (non-hydrogen) atoms. The lowest BCUT2D eigenvalue weighted by Crippen LogP contribution is -2.31. The molecule has 460 valence electrons. The van der Waals surface area contributed by atoms with E-state index in [0.29, 0.717) is 88.6 Å². The molecule has 25 heteroatoms. The Morgan fingerprint density at radius 3 is 1.40 bits per heavy atom. The minimum Gasteiger partial charge on any atom is -0.477 e. The molecule has 8 fully saturated rings. The number of rotatable bonds is 24. The van der Waals surface area contributed by atoms with Crippen LogP contribution in [0, 0.1) is 50.7 Å². The zero-order valence-corrected chi connectivity index (χ0v) is 52.5. The first-order chi connectivity index (χ1) is 41.0. The van der Waals surface area contributed by atoms with Gasteiger partial charge in [-0.3, -0.25) is 19.0 Å². The van der Waals surface area contributed by atoms with E-state index >= 15 is 0 Å². The highest BCUT2D eigenvalue weighted by Crippen LogP contribution is 2.94. The first kappa shape index (κ1) is 59.1. The molecule has 1 saturated heterocycles. The lowest BCUT2D eigenvalue weighted by atomic mass is 9.89. The Morgan fingerprint density at radius 1 is 0.570 bits per heavy atom. The summed E-state index contributed by atoms with van der Waals surface area (Å²) in [5.74, 6) is 2.95. The van der Waals surface area contributed by atoms with Gasteiger partial charge in [-0.05, 0) is 223 Å². The number of pyridine rings is 2. The summed E-state index contributed by atoms with van der Waals surface area (Å²) in [5.41, 5.74) is 3.10. The number of fused-ring (bicyclic) bond motifs is 2. The van der Waals surface area contributed by atoms with Gasteiger partial charge in [0.25, 0.3) is 31.9 Å². The Labute approximate surface area is 512 Å². The number of carbonyl (C=O) groups excluding carboxylic acids is 2. The third kappa shape index (κ3) is 11.8. The fourth-order valence-corrected chi connectivity index (χ4v) is 18.1. The van der Waals surface area contributed by atoms with Crippen LogP contribution < -0.4 is 24.2 Å². The molecule has 2 amide bonds. The minimum atomic E-state index is -4.20. The Bertz CT molecular complexity index is 3520. The number of aryl methyl sites for hydroxylation is 2. The van der Waals surface area contributed by atoms with Crippen molar-refractivity contribution in [1.82, 2.24) is 63.9 Å². The lowest BCUT2D eigenvalue weighted by molar-refractivity contribution is 0.0972. The fraction of sp³-hybridized carbons (Fsp3) is 0.607. The van der Waals surface area contributed by atoms with Crippen LogP contribution in [0.4, 0.5) is 0 Å². The van der Waals surface area contributed by atoms with Crippen molar-refractivity contribution in [3.05, 3.63) is 94.8 Å². The summed E-state index contributed by atoms with van der Waals surface area (Å²) >= 11 is 12.6. The van der Waals surface area contributed by atoms with Crippen molar-refractivity contribution in [3.8, 4) is 23.4 Å². The number of nitrogens with one attached hydrogen (secondary N) is 3. The second-order valence-electron chi connectivity index (χ2n) is 27.3. The van der Waals surface area contributed by atoms with Gasteiger partial charge in [-0.1, -0.05) is 37.0 Å². The molecule has 8 aliphatic rings. The van der Waals surface area contributed by atoms with E-state index in [-0.39, 0.29) is 37.0 Å². The predicted molar refractivity (Wildman–Crippen MR) is 320 cm³/mol. The van der Waals surface area contributed by atoms with E-state index in [4.69, 9.17) is 32.7 Å². The molecule has 1 aliphatic heterocycles. The first-order valence-corrected chi connectivity index (χ1v) is 34.4. The zero-order valence-electron chi connectivity index (χ0n) is 49.3. The molecule has 0 bridgehead atoms. The number of ether oxygens (including phenoxy) is 2. The second-order valence-corrected chi connectivity index (χ2v) is 31.3. The van der Waals surface area contributed by atoms with Crippen LogP contribution in [0.15, 0.2) is 83.4 Å². The molecule has 6 aromatic rings. The van der Waals surface area contributed by atoms with Gasteiger partial charge in [0.15, 0.2) is 21.7 Å². The quantitative estimate of drug-likeness (QED) is 0.0477. The molecule has 21 nitrogen and oxygen atoms in total. The number of sulfonamides is 2. The predicted octanol–water partition coefficient (Wildman–Crippen LogP) is 10.2. The van der Waals surface area contributed by atoms with Crippen molar-refractivity contribution in [1.29, 1.82) is 0 Å². The van der Waals surface area contributed by atoms with E-state index in [1.807, 2.05) is 0 Å². The summed E-state index contributed by atoms with van der Waals surface area (Å²) in [5, 5.41) is 20.0. The van der Waals surface area contributed by atoms with Crippen molar-refractivity contribution < 1.29 is 35.9 Å². The Morgan fingerprint density at radius 2 is 1.01 bits per heavy atom. The standard InChI is InChI=1S/C31H39ClN6O4S.C30H38ClN7O4S/c1-29(2)11-7-21(20-29)4-3-16-37-17-9-26(35-37)43(40,41)36-28(39)22-5-6-24(33-27(22)32)38-18-8-25(34-38)42-19-10-23-30(12-13-30)31(23)14-15-31;1-28(2)18-20(19-32-28)4-3-14-37-15-8-25(35-37)43(40,41)36-27(39)21-5-6-23(33-26(21)31)38-16-7-24(34-38)42-17-9-22-29(10-11-29)30(22)12-13-30/h5-6,8-9,17-18,21,23H,3-4,7,10-16,19-20H2,1-2H3,(H,36,39);5-8,15-16,20,22,32H,3-4,9-14,17-19H2,1-2H3,(H,36,39). The zero-order chi connectivity index (χ0) is 60.1. The summed E-state index contributed by atoms with van der Waals surface area (Å²) in [7, 11) is -8.39. The molecule has 0 radical (unpaired) electrons. The van der Waals surface area contributed by atoms with Crippen molar-refractivity contribution in [3.63, 3.8) is 0 Å². The molecular formula is C61H77Cl2N13O8S2. The van der Waals surface area contributed by atoms with Crippen LogP contribution in [-0.2, 0) is 33.1 Å². The summed E-state index contributed by atoms with van der Waals surface area (Å²) in [6.07, 6.45) is 28.7. The summed E-state index contributed by atoms with van der Waals surface area (Å²) in [6, 6.07) is 12.3. The first-order valence-electron chi connectivity index (χ1n) is 30.7. The van der Waals surface area contributed by atoms with Gasteiger partial charge in [0.1, 0.15) is 10.3 Å². The van der Waals surface area contributed by atoms with Crippen LogP contribution in [0.1, 0.15) is 164 Å². The number of hydrogen-bond acceptors (Lipinski definition) is 15. The van der Waals surface area contributed by atoms with Crippen LogP contribution in [0.2, 0.25) is 10.3 Å². The van der Waals surface area contributed by atoms with E-state index in [1.54, 1.807) is 58.4 Å². The van der Waals surface area contributed by atoms with Crippen molar-refractivity contribution in [2.45, 2.75) is 172 Å². The summed E-state index contributed by atoms with van der Waals surface area (Å²) in [4.78, 5) is 34.3. The molecule has 2 atom stereocenters. The number of hydrogen-bond donors (Lipinski definition) is 3. The molecule has 7 aliphatic carbocycles. The third-order valence-corrected chi connectivity index (χ3v) is 23.7. The topological polar surface area (TPSA) is 254 Å². The molecule has 4 spiro atoms. The largest absolute Gasteiger partial charge is 0.477 e. The van der Waals surface area contributed by atoms with E-state index < -0.39 is 31.9 Å². The van der Waals surface area contributed by atoms with Gasteiger partial charge >= 0.3 is 0 Å². The molecule has 7 saturated carbocycles. The maximum absolute atomic E-state index is 12.9. The Kier molecular flexibility index (Phi) is 15.1. The van der Waals surface area contributed by atoms with E-state index in [0.717, 1.165) is 63.3 Å². The van der Waals surface area contributed by atoms with Crippen LogP contribution >= 0.6 is 23.2 Å². The van der Waals surface area contributed by atoms with Gasteiger partial charge < -0.3 is 14.8 Å². The van der Waals surface area contributed by atoms with Gasteiger partial charge in [0.05, 0.1) is 24.3 Å². The average Bonchev–Trinajstić information content (AvgIpc) is 1.46. The van der Waals surface area contributed by atoms with E-state index in [9.17, 15) is 26.4 Å². The van der Waals surface area contributed by atoms with Crippen LogP contribution in [0.5, 0.6) is 11.8 Å². The summed E-state index contributed by atoms with van der Waals surface area (Å²) in [6.45, 7) is 12.5. The van der Waals surface area contributed by atoms with Crippen molar-refractivity contribution >= 4 is 55.1 Å². The highest BCUT2D eigenvalue weighted by atomic mass is 35.5. The fourth-order valence-electron chi connectivity index (χ4n) is 15.8. The Hall–Kier alpha value is -5.88. The minimum absolute atomic E-state index is 0.0658. The van der Waals surface area contributed by atoms with Crippen molar-refractivity contribution in [2.75, 3.05) is 19.8 Å². The van der Waals surface area contributed by atoms with E-state index in [2.05, 4.69) is 72.8 Å². The maximum atomic E-state index is 12.9. The van der Waals surface area contributed by atoms with Gasteiger partial charge in [-0.2, -0.15) is 27.0 Å². The number of halogens is 2. The molecular weight excluding hydrogens is 1180 g/mol. The summed E-state index contributed by atoms with van der Waals surface area (Å²) < 4.78 is 73.8. The molecule has 14 rings (SSSR count). The lowest BCUT2D eigenvalue weighted by Gasteiger charge is -2.17. The number of amides is 2. The number of carbonyl (C=O) groups is 2. The number of aromatic nitrogens is 10. The highest BCUT2D eigenvalue weighted by Gasteiger charge is 2.86. The van der Waals surface area contributed by atoms with Gasteiger partial charge in [-0.15, -0.1) is 10.2 Å². The third-order valence-electron chi connectivity index (χ3n) is 20.7. The average molecular weight is 1260 g/mol. The smallest absolute Gasteiger partial charge is 0.283 e. The Balaban J connectivity index is 0.000000160. The molecule has 6 aromatic heterocycles. The van der Waals surface area contributed by atoms with E-state index in [1.165, 1.54) is 104 Å². The van der Waals surface area contributed by atoms with Gasteiger partial charge in [0.2, 0.25) is 11.8 Å². The van der Waals surface area contributed by atoms with Gasteiger partial charge in [-0.25, -0.2) is 28.8 Å². The number of nitrogens with zero attached hydrogens (tertiary/aromatic N) is 10. The molecule has 3 N–H and O–H groups in total. The van der Waals surface area contributed by atoms with Gasteiger partial charge in [0, 0.05) is 55.5 Å². The molecule has 2 unspecified atom stereocenters.